The van der Waals surface area contributed by atoms with Crippen LogP contribution in [0.3, 0.4) is 0 Å². The van der Waals surface area contributed by atoms with Gasteiger partial charge < -0.3 is 10.6 Å². The van der Waals surface area contributed by atoms with Gasteiger partial charge in [0.1, 0.15) is 5.82 Å². The monoisotopic (exact) mass is 428 g/mol. The van der Waals surface area contributed by atoms with Gasteiger partial charge in [0.05, 0.1) is 12.2 Å². The normalized spacial score (nSPS) is 10.8. The molecular weight excluding hydrogens is 406 g/mol. The first-order valence-electron chi connectivity index (χ1n) is 7.45. The molecule has 0 spiro atoms. The highest BCUT2D eigenvalue weighted by atomic mass is 127. The van der Waals surface area contributed by atoms with Crippen molar-refractivity contribution in [2.75, 3.05) is 13.1 Å². The number of aliphatic imine (C=N–C) groups is 1. The second-order valence-corrected chi connectivity index (χ2v) is 4.78. The molecule has 0 atom stereocenters. The molecular formula is C17H22FIN4. The molecule has 2 aromatic rings. The predicted molar refractivity (Wildman–Crippen MR) is 103 cm³/mol. The third kappa shape index (κ3) is 6.94. The molecule has 4 nitrogen and oxygen atoms in total. The summed E-state index contributed by atoms with van der Waals surface area (Å²) in [6, 6.07) is 12.6. The van der Waals surface area contributed by atoms with Crippen LogP contribution in [0.2, 0.25) is 0 Å². The van der Waals surface area contributed by atoms with E-state index in [1.165, 1.54) is 6.07 Å². The van der Waals surface area contributed by atoms with Crippen LogP contribution in [0.25, 0.3) is 0 Å². The minimum atomic E-state index is -0.167. The summed E-state index contributed by atoms with van der Waals surface area (Å²) in [5, 5.41) is 6.38. The van der Waals surface area contributed by atoms with Crippen LogP contribution in [0.4, 0.5) is 4.39 Å². The average molecular weight is 428 g/mol. The predicted octanol–water partition coefficient (Wildman–Crippen LogP) is 3.14. The number of nitrogens with zero attached hydrogens (tertiary/aromatic N) is 2. The zero-order valence-electron chi connectivity index (χ0n) is 13.1. The van der Waals surface area contributed by atoms with E-state index in [-0.39, 0.29) is 29.8 Å². The van der Waals surface area contributed by atoms with Gasteiger partial charge in [-0.05, 0) is 37.1 Å². The molecule has 1 aromatic heterocycles. The van der Waals surface area contributed by atoms with Crippen molar-refractivity contribution in [2.24, 2.45) is 4.99 Å². The van der Waals surface area contributed by atoms with Crippen LogP contribution in [0.15, 0.2) is 53.7 Å². The highest BCUT2D eigenvalue weighted by Crippen LogP contribution is 2.06. The number of aromatic nitrogens is 1. The van der Waals surface area contributed by atoms with Crippen molar-refractivity contribution < 1.29 is 4.39 Å². The summed E-state index contributed by atoms with van der Waals surface area (Å²) in [7, 11) is 0. The Kier molecular flexibility index (Phi) is 9.20. The molecule has 2 rings (SSSR count). The Morgan fingerprint density at radius 1 is 1.13 bits per heavy atom. The van der Waals surface area contributed by atoms with E-state index in [1.807, 2.05) is 31.2 Å². The molecule has 1 aromatic carbocycles. The van der Waals surface area contributed by atoms with Crippen molar-refractivity contribution >= 4 is 29.9 Å². The van der Waals surface area contributed by atoms with Crippen LogP contribution in [-0.2, 0) is 13.0 Å². The number of guanidine groups is 1. The smallest absolute Gasteiger partial charge is 0.191 e. The summed E-state index contributed by atoms with van der Waals surface area (Å²) in [5.74, 6) is 0.546. The SMILES string of the molecule is CCNC(=NCc1ccccn1)NCCc1ccccc1F.I. The Balaban J connectivity index is 0.00000264. The van der Waals surface area contributed by atoms with Crippen LogP contribution < -0.4 is 10.6 Å². The van der Waals surface area contributed by atoms with Crippen molar-refractivity contribution in [3.63, 3.8) is 0 Å². The molecule has 0 aliphatic rings. The summed E-state index contributed by atoms with van der Waals surface area (Å²) in [5.41, 5.74) is 1.62. The van der Waals surface area contributed by atoms with E-state index in [0.29, 0.717) is 31.0 Å². The molecule has 0 fully saturated rings. The Bertz CT molecular complexity index is 605. The molecule has 2 N–H and O–H groups in total. The molecule has 124 valence electrons. The van der Waals surface area contributed by atoms with Crippen molar-refractivity contribution in [2.45, 2.75) is 19.9 Å². The summed E-state index contributed by atoms with van der Waals surface area (Å²) in [6.07, 6.45) is 2.37. The highest BCUT2D eigenvalue weighted by molar-refractivity contribution is 14.0. The van der Waals surface area contributed by atoms with E-state index < -0.39 is 0 Å². The van der Waals surface area contributed by atoms with Crippen LogP contribution in [0, 0.1) is 5.82 Å². The van der Waals surface area contributed by atoms with E-state index in [2.05, 4.69) is 20.6 Å². The summed E-state index contributed by atoms with van der Waals surface area (Å²) >= 11 is 0. The van der Waals surface area contributed by atoms with Crippen LogP contribution in [-0.4, -0.2) is 24.0 Å². The van der Waals surface area contributed by atoms with Gasteiger partial charge in [-0.3, -0.25) is 4.98 Å². The van der Waals surface area contributed by atoms with Crippen molar-refractivity contribution in [1.82, 2.24) is 15.6 Å². The first-order chi connectivity index (χ1) is 10.8. The van der Waals surface area contributed by atoms with Gasteiger partial charge in [0.25, 0.3) is 0 Å². The standard InChI is InChI=1S/C17H21FN4.HI/c1-2-19-17(22-13-15-8-5-6-11-20-15)21-12-10-14-7-3-4-9-16(14)18;/h3-9,11H,2,10,12-13H2,1H3,(H2,19,21,22);1H. The lowest BCUT2D eigenvalue weighted by Gasteiger charge is -2.11. The summed E-state index contributed by atoms with van der Waals surface area (Å²) in [4.78, 5) is 8.71. The Morgan fingerprint density at radius 3 is 2.61 bits per heavy atom. The third-order valence-corrected chi connectivity index (χ3v) is 3.11. The maximum Gasteiger partial charge on any atom is 0.191 e. The molecule has 0 saturated carbocycles. The quantitative estimate of drug-likeness (QED) is 0.423. The number of hydrogen-bond acceptors (Lipinski definition) is 2. The molecule has 0 bridgehead atoms. The van der Waals surface area contributed by atoms with Gasteiger partial charge in [-0.1, -0.05) is 24.3 Å². The Hall–Kier alpha value is -1.70. The number of nitrogens with one attached hydrogen (secondary N) is 2. The molecule has 0 radical (unpaired) electrons. The first kappa shape index (κ1) is 19.3. The molecule has 0 amide bonds. The maximum atomic E-state index is 13.5. The highest BCUT2D eigenvalue weighted by Gasteiger charge is 2.02. The van der Waals surface area contributed by atoms with Gasteiger partial charge in [0.2, 0.25) is 0 Å². The zero-order chi connectivity index (χ0) is 15.6. The third-order valence-electron chi connectivity index (χ3n) is 3.11. The van der Waals surface area contributed by atoms with Crippen LogP contribution in [0.1, 0.15) is 18.2 Å². The van der Waals surface area contributed by atoms with Crippen LogP contribution >= 0.6 is 24.0 Å². The van der Waals surface area contributed by atoms with Gasteiger partial charge in [0, 0.05) is 19.3 Å². The largest absolute Gasteiger partial charge is 0.357 e. The fraction of sp³-hybridized carbons (Fsp3) is 0.294. The van der Waals surface area contributed by atoms with E-state index in [1.54, 1.807) is 18.3 Å². The number of benzene rings is 1. The molecule has 1 heterocycles. The summed E-state index contributed by atoms with van der Waals surface area (Å²) in [6.45, 7) is 3.91. The average Bonchev–Trinajstić information content (AvgIpc) is 2.55. The van der Waals surface area contributed by atoms with E-state index in [9.17, 15) is 4.39 Å². The lowest BCUT2D eigenvalue weighted by atomic mass is 10.1. The van der Waals surface area contributed by atoms with Gasteiger partial charge in [-0.2, -0.15) is 0 Å². The summed E-state index contributed by atoms with van der Waals surface area (Å²) < 4.78 is 13.5. The fourth-order valence-electron chi connectivity index (χ4n) is 2.01. The second-order valence-electron chi connectivity index (χ2n) is 4.78. The van der Waals surface area contributed by atoms with Crippen molar-refractivity contribution in [3.8, 4) is 0 Å². The first-order valence-corrected chi connectivity index (χ1v) is 7.45. The maximum absolute atomic E-state index is 13.5. The fourth-order valence-corrected chi connectivity index (χ4v) is 2.01. The molecule has 0 aliphatic carbocycles. The minimum Gasteiger partial charge on any atom is -0.357 e. The second kappa shape index (κ2) is 10.9. The lowest BCUT2D eigenvalue weighted by Crippen LogP contribution is -2.38. The lowest BCUT2D eigenvalue weighted by molar-refractivity contribution is 0.606. The Labute approximate surface area is 153 Å². The van der Waals surface area contributed by atoms with Crippen molar-refractivity contribution in [3.05, 3.63) is 65.7 Å². The molecule has 6 heteroatoms. The van der Waals surface area contributed by atoms with E-state index in [4.69, 9.17) is 0 Å². The van der Waals surface area contributed by atoms with E-state index >= 15 is 0 Å². The van der Waals surface area contributed by atoms with Gasteiger partial charge in [0.15, 0.2) is 5.96 Å². The zero-order valence-corrected chi connectivity index (χ0v) is 15.5. The number of hydrogen-bond donors (Lipinski definition) is 2. The molecule has 23 heavy (non-hydrogen) atoms. The molecule has 0 saturated heterocycles. The molecule has 0 unspecified atom stereocenters. The van der Waals surface area contributed by atoms with Gasteiger partial charge >= 0.3 is 0 Å². The van der Waals surface area contributed by atoms with E-state index in [0.717, 1.165) is 12.2 Å². The topological polar surface area (TPSA) is 49.3 Å². The minimum absolute atomic E-state index is 0. The number of halogens is 2. The van der Waals surface area contributed by atoms with Crippen LogP contribution in [0.5, 0.6) is 0 Å². The van der Waals surface area contributed by atoms with Gasteiger partial charge in [-0.25, -0.2) is 9.38 Å². The number of rotatable bonds is 6. The van der Waals surface area contributed by atoms with Gasteiger partial charge in [-0.15, -0.1) is 24.0 Å². The Morgan fingerprint density at radius 2 is 1.91 bits per heavy atom. The van der Waals surface area contributed by atoms with Crippen molar-refractivity contribution in [1.29, 1.82) is 0 Å². The number of pyridine rings is 1. The molecule has 0 aliphatic heterocycles.